The van der Waals surface area contributed by atoms with Gasteiger partial charge in [-0.3, -0.25) is 0 Å². The van der Waals surface area contributed by atoms with Gasteiger partial charge in [0.15, 0.2) is 0 Å². The van der Waals surface area contributed by atoms with Gasteiger partial charge in [0.25, 0.3) is 0 Å². The molecule has 3 heteroatoms. The third kappa shape index (κ3) is 5.17. The summed E-state index contributed by atoms with van der Waals surface area (Å²) in [5.41, 5.74) is 15.5. The maximum atomic E-state index is 2.43. The lowest BCUT2D eigenvalue weighted by atomic mass is 10.00. The zero-order valence-corrected chi connectivity index (χ0v) is 33.2. The van der Waals surface area contributed by atoms with Crippen LogP contribution in [0.3, 0.4) is 0 Å². The van der Waals surface area contributed by atoms with Crippen LogP contribution in [0.4, 0.5) is 0 Å². The Labute approximate surface area is 352 Å². The Morgan fingerprint density at radius 1 is 0.197 bits per heavy atom. The van der Waals surface area contributed by atoms with Crippen molar-refractivity contribution in [3.8, 4) is 39.3 Å². The number of hydrogen-bond acceptors (Lipinski definition) is 0. The van der Waals surface area contributed by atoms with E-state index in [1.54, 1.807) is 0 Å². The number of nitrogens with zero attached hydrogens (tertiary/aromatic N) is 3. The van der Waals surface area contributed by atoms with Crippen LogP contribution in [-0.4, -0.2) is 13.7 Å². The molecule has 0 N–H and O–H groups in total. The van der Waals surface area contributed by atoms with Crippen LogP contribution < -0.4 is 0 Å². The Morgan fingerprint density at radius 3 is 0.967 bits per heavy atom. The van der Waals surface area contributed by atoms with Gasteiger partial charge in [0, 0.05) is 49.4 Å². The van der Waals surface area contributed by atoms with Crippen molar-refractivity contribution in [1.29, 1.82) is 0 Å². The maximum absolute atomic E-state index is 2.43. The number of para-hydroxylation sites is 4. The molecule has 0 aliphatic carbocycles. The molecule has 61 heavy (non-hydrogen) atoms. The van der Waals surface area contributed by atoms with Crippen LogP contribution in [0.15, 0.2) is 224 Å². The molecule has 0 atom stereocenters. The van der Waals surface area contributed by atoms with Crippen LogP contribution >= 0.6 is 0 Å². The molecule has 3 nitrogen and oxygen atoms in total. The van der Waals surface area contributed by atoms with Crippen molar-refractivity contribution >= 4 is 76.2 Å². The summed E-state index contributed by atoms with van der Waals surface area (Å²) < 4.78 is 7.19. The van der Waals surface area contributed by atoms with Gasteiger partial charge in [-0.05, 0) is 118 Å². The topological polar surface area (TPSA) is 14.8 Å². The quantitative estimate of drug-likeness (QED) is 0.165. The van der Waals surface area contributed by atoms with Crippen LogP contribution in [0.25, 0.3) is 116 Å². The first-order chi connectivity index (χ1) is 30.2. The Hall–Kier alpha value is -8.14. The maximum Gasteiger partial charge on any atom is 0.0541 e. The molecule has 0 bridgehead atoms. The first-order valence-corrected chi connectivity index (χ1v) is 21.0. The number of fused-ring (bicyclic) bond motifs is 10. The Morgan fingerprint density at radius 2 is 0.525 bits per heavy atom. The zero-order chi connectivity index (χ0) is 40.0. The van der Waals surface area contributed by atoms with Gasteiger partial charge >= 0.3 is 0 Å². The minimum atomic E-state index is 1.16. The van der Waals surface area contributed by atoms with E-state index in [1.807, 2.05) is 0 Å². The minimum absolute atomic E-state index is 1.16. The highest BCUT2D eigenvalue weighted by Crippen LogP contribution is 2.39. The Kier molecular flexibility index (Phi) is 7.31. The molecule has 3 aromatic heterocycles. The fourth-order valence-corrected chi connectivity index (χ4v) is 9.98. The van der Waals surface area contributed by atoms with E-state index in [0.29, 0.717) is 0 Å². The Bertz CT molecular complexity index is 3540. The second kappa shape index (κ2) is 13.2. The molecular formula is C58H37N3. The number of rotatable bonds is 5. The number of hydrogen-bond donors (Lipinski definition) is 0. The van der Waals surface area contributed by atoms with E-state index in [2.05, 4.69) is 238 Å². The predicted molar refractivity (Wildman–Crippen MR) is 258 cm³/mol. The molecule has 0 aliphatic heterocycles. The smallest absolute Gasteiger partial charge is 0.0541 e. The van der Waals surface area contributed by atoms with Gasteiger partial charge in [0.05, 0.1) is 33.1 Å². The average molecular weight is 776 g/mol. The molecule has 0 saturated carbocycles. The summed E-state index contributed by atoms with van der Waals surface area (Å²) in [6.07, 6.45) is 0. The highest BCUT2D eigenvalue weighted by Gasteiger charge is 2.17. The number of aromatic nitrogens is 3. The van der Waals surface area contributed by atoms with Crippen molar-refractivity contribution in [3.63, 3.8) is 0 Å². The summed E-state index contributed by atoms with van der Waals surface area (Å²) in [5.74, 6) is 0. The Balaban J connectivity index is 0.946. The van der Waals surface area contributed by atoms with Crippen molar-refractivity contribution in [2.24, 2.45) is 0 Å². The lowest BCUT2D eigenvalue weighted by Crippen LogP contribution is -1.94. The average Bonchev–Trinajstić information content (AvgIpc) is 3.97. The van der Waals surface area contributed by atoms with E-state index >= 15 is 0 Å². The van der Waals surface area contributed by atoms with Crippen LogP contribution in [0, 0.1) is 0 Å². The lowest BCUT2D eigenvalue weighted by molar-refractivity contribution is 1.18. The van der Waals surface area contributed by atoms with Crippen LogP contribution in [-0.2, 0) is 0 Å². The summed E-state index contributed by atoms with van der Waals surface area (Å²) in [6.45, 7) is 0. The second-order valence-electron chi connectivity index (χ2n) is 16.2. The van der Waals surface area contributed by atoms with Crippen molar-refractivity contribution in [3.05, 3.63) is 224 Å². The van der Waals surface area contributed by atoms with E-state index in [0.717, 1.165) is 17.1 Å². The molecule has 3 heterocycles. The van der Waals surface area contributed by atoms with Crippen LogP contribution in [0.5, 0.6) is 0 Å². The minimum Gasteiger partial charge on any atom is -0.309 e. The van der Waals surface area contributed by atoms with Gasteiger partial charge < -0.3 is 13.7 Å². The molecule has 0 amide bonds. The molecule has 0 saturated heterocycles. The molecule has 0 fully saturated rings. The summed E-state index contributed by atoms with van der Waals surface area (Å²) >= 11 is 0. The van der Waals surface area contributed by atoms with Crippen molar-refractivity contribution in [2.75, 3.05) is 0 Å². The monoisotopic (exact) mass is 775 g/mol. The first kappa shape index (κ1) is 33.8. The first-order valence-electron chi connectivity index (χ1n) is 21.0. The molecule has 0 spiro atoms. The molecule has 0 radical (unpaired) electrons. The predicted octanol–water partition coefficient (Wildman–Crippen LogP) is 15.5. The van der Waals surface area contributed by atoms with Gasteiger partial charge in [-0.2, -0.15) is 0 Å². The zero-order valence-electron chi connectivity index (χ0n) is 33.2. The fraction of sp³-hybridized carbons (Fsp3) is 0. The fourth-order valence-electron chi connectivity index (χ4n) is 9.98. The third-order valence-corrected chi connectivity index (χ3v) is 12.8. The molecule has 0 aliphatic rings. The summed E-state index contributed by atoms with van der Waals surface area (Å²) in [6, 6.07) is 82.3. The van der Waals surface area contributed by atoms with E-state index in [-0.39, 0.29) is 0 Å². The normalized spacial score (nSPS) is 11.9. The third-order valence-electron chi connectivity index (χ3n) is 12.8. The highest BCUT2D eigenvalue weighted by atomic mass is 15.0. The van der Waals surface area contributed by atoms with Crippen molar-refractivity contribution < 1.29 is 0 Å². The van der Waals surface area contributed by atoms with E-state index in [9.17, 15) is 0 Å². The molecule has 13 aromatic rings. The molecule has 0 unspecified atom stereocenters. The lowest BCUT2D eigenvalue weighted by Gasteiger charge is -2.11. The van der Waals surface area contributed by atoms with Crippen molar-refractivity contribution in [2.45, 2.75) is 0 Å². The van der Waals surface area contributed by atoms with E-state index < -0.39 is 0 Å². The highest BCUT2D eigenvalue weighted by molar-refractivity contribution is 6.13. The second-order valence-corrected chi connectivity index (χ2v) is 16.2. The standard InChI is InChI=1S/C58H37N3/c1-2-12-41-35-46(32-25-38(41)11-1)61-57-33-26-42(39-21-28-44(29-22-39)59-53-17-7-3-13-47(53)48-14-4-8-18-54(48)59)36-51(57)52-37-43(27-34-58(52)61)40-23-30-45(31-24-40)60-55-19-9-5-15-49(55)50-16-6-10-20-56(50)60/h1-37H. The van der Waals surface area contributed by atoms with Crippen LogP contribution in [0.1, 0.15) is 0 Å². The van der Waals surface area contributed by atoms with Gasteiger partial charge in [-0.15, -0.1) is 0 Å². The van der Waals surface area contributed by atoms with Crippen LogP contribution in [0.2, 0.25) is 0 Å². The summed E-state index contributed by atoms with van der Waals surface area (Å²) in [4.78, 5) is 0. The van der Waals surface area contributed by atoms with Crippen molar-refractivity contribution in [1.82, 2.24) is 13.7 Å². The number of benzene rings is 10. The molecule has 10 aromatic carbocycles. The molecule has 284 valence electrons. The van der Waals surface area contributed by atoms with Gasteiger partial charge in [0.1, 0.15) is 0 Å². The summed E-state index contributed by atoms with van der Waals surface area (Å²) in [7, 11) is 0. The molecular weight excluding hydrogens is 739 g/mol. The van der Waals surface area contributed by atoms with E-state index in [1.165, 1.54) is 98.4 Å². The largest absolute Gasteiger partial charge is 0.309 e. The SMILES string of the molecule is c1ccc2cc(-n3c4ccc(-c5ccc(-n6c7ccccc7c7ccccc76)cc5)cc4c4cc(-c5ccc(-n6c7ccccc7c7ccccc76)cc5)ccc43)ccc2c1. The van der Waals surface area contributed by atoms with E-state index in [4.69, 9.17) is 0 Å². The molecule has 13 rings (SSSR count). The van der Waals surface area contributed by atoms with Gasteiger partial charge in [-0.1, -0.05) is 140 Å². The van der Waals surface area contributed by atoms with Gasteiger partial charge in [0.2, 0.25) is 0 Å². The summed E-state index contributed by atoms with van der Waals surface area (Å²) in [5, 5.41) is 10.0. The van der Waals surface area contributed by atoms with Gasteiger partial charge in [-0.25, -0.2) is 0 Å².